The lowest BCUT2D eigenvalue weighted by Crippen LogP contribution is -2.30. The molecule has 4 heteroatoms. The first-order valence-corrected chi connectivity index (χ1v) is 6.98. The zero-order chi connectivity index (χ0) is 11.5. The maximum absolute atomic E-state index is 4.67. The summed E-state index contributed by atoms with van der Waals surface area (Å²) in [6.45, 7) is 10.0. The number of anilines is 1. The van der Waals surface area contributed by atoms with Gasteiger partial charge in [0.2, 0.25) is 0 Å². The van der Waals surface area contributed by atoms with Crippen molar-refractivity contribution in [3.63, 3.8) is 0 Å². The molecule has 16 heavy (non-hydrogen) atoms. The number of nitrogens with zero attached hydrogens (tertiary/aromatic N) is 2. The molecular weight excluding hydrogens is 218 g/mol. The highest BCUT2D eigenvalue weighted by Gasteiger charge is 2.20. The minimum Gasteiger partial charge on any atom is -0.359 e. The molecule has 0 spiro atoms. The summed E-state index contributed by atoms with van der Waals surface area (Å²) in [5, 5.41) is 4.49. The molecule has 0 bridgehead atoms. The van der Waals surface area contributed by atoms with E-state index in [1.54, 1.807) is 0 Å². The molecule has 0 fully saturated rings. The quantitative estimate of drug-likeness (QED) is 0.875. The van der Waals surface area contributed by atoms with Gasteiger partial charge in [-0.2, -0.15) is 0 Å². The van der Waals surface area contributed by atoms with Crippen LogP contribution < -0.4 is 5.32 Å². The van der Waals surface area contributed by atoms with Crippen LogP contribution in [0.25, 0.3) is 0 Å². The highest BCUT2D eigenvalue weighted by Crippen LogP contribution is 2.28. The third-order valence-electron chi connectivity index (χ3n) is 2.76. The van der Waals surface area contributed by atoms with Gasteiger partial charge in [-0.25, -0.2) is 4.98 Å². The molecule has 1 aromatic rings. The van der Waals surface area contributed by atoms with Crippen molar-refractivity contribution in [3.05, 3.63) is 10.6 Å². The SMILES string of the molecule is CCCN1CCc2nc(NC(C)C)sc2C1. The van der Waals surface area contributed by atoms with Crippen molar-refractivity contribution in [2.75, 3.05) is 18.4 Å². The molecular formula is C12H21N3S. The third kappa shape index (κ3) is 2.74. The summed E-state index contributed by atoms with van der Waals surface area (Å²) < 4.78 is 0. The van der Waals surface area contributed by atoms with Crippen LogP contribution in [-0.4, -0.2) is 29.0 Å². The molecule has 1 N–H and O–H groups in total. The third-order valence-corrected chi connectivity index (χ3v) is 3.78. The highest BCUT2D eigenvalue weighted by atomic mass is 32.1. The predicted octanol–water partition coefficient (Wildman–Crippen LogP) is 2.73. The average Bonchev–Trinajstić information content (AvgIpc) is 2.58. The molecule has 3 nitrogen and oxygen atoms in total. The van der Waals surface area contributed by atoms with Crippen molar-refractivity contribution in [1.29, 1.82) is 0 Å². The van der Waals surface area contributed by atoms with Crippen LogP contribution in [0.3, 0.4) is 0 Å². The number of aromatic nitrogens is 1. The number of hydrogen-bond donors (Lipinski definition) is 1. The van der Waals surface area contributed by atoms with Gasteiger partial charge in [0.05, 0.1) is 5.69 Å². The molecule has 0 atom stereocenters. The normalized spacial score (nSPS) is 16.5. The van der Waals surface area contributed by atoms with Crippen LogP contribution in [-0.2, 0) is 13.0 Å². The fourth-order valence-electron chi connectivity index (χ4n) is 2.06. The monoisotopic (exact) mass is 239 g/mol. The predicted molar refractivity (Wildman–Crippen MR) is 70.1 cm³/mol. The summed E-state index contributed by atoms with van der Waals surface area (Å²) in [5.41, 5.74) is 1.32. The number of nitrogens with one attached hydrogen (secondary N) is 1. The molecule has 0 saturated heterocycles. The lowest BCUT2D eigenvalue weighted by molar-refractivity contribution is 0.256. The number of fused-ring (bicyclic) bond motifs is 1. The van der Waals surface area contributed by atoms with Crippen LogP contribution >= 0.6 is 11.3 Å². The van der Waals surface area contributed by atoms with Crippen molar-refractivity contribution in [2.45, 2.75) is 46.2 Å². The molecule has 1 aliphatic rings. The number of rotatable bonds is 4. The van der Waals surface area contributed by atoms with Crippen LogP contribution in [0.1, 0.15) is 37.8 Å². The Morgan fingerprint density at radius 3 is 3.00 bits per heavy atom. The molecule has 0 aromatic carbocycles. The minimum atomic E-state index is 0.472. The van der Waals surface area contributed by atoms with E-state index in [0.29, 0.717) is 6.04 Å². The van der Waals surface area contributed by atoms with Crippen LogP contribution in [0.2, 0.25) is 0 Å². The zero-order valence-electron chi connectivity index (χ0n) is 10.4. The van der Waals surface area contributed by atoms with Gasteiger partial charge in [-0.15, -0.1) is 11.3 Å². The molecule has 2 rings (SSSR count). The van der Waals surface area contributed by atoms with Gasteiger partial charge in [0.25, 0.3) is 0 Å². The molecule has 2 heterocycles. The van der Waals surface area contributed by atoms with E-state index < -0.39 is 0 Å². The summed E-state index contributed by atoms with van der Waals surface area (Å²) >= 11 is 1.83. The van der Waals surface area contributed by atoms with E-state index in [4.69, 9.17) is 0 Å². The number of hydrogen-bond acceptors (Lipinski definition) is 4. The van der Waals surface area contributed by atoms with Crippen molar-refractivity contribution in [3.8, 4) is 0 Å². The first-order valence-electron chi connectivity index (χ1n) is 6.16. The summed E-state index contributed by atoms with van der Waals surface area (Å²) in [6, 6.07) is 0.472. The second kappa shape index (κ2) is 5.15. The fraction of sp³-hybridized carbons (Fsp3) is 0.750. The first-order chi connectivity index (χ1) is 7.69. The maximum atomic E-state index is 4.67. The van der Waals surface area contributed by atoms with Crippen molar-refractivity contribution in [2.24, 2.45) is 0 Å². The van der Waals surface area contributed by atoms with Crippen molar-refractivity contribution in [1.82, 2.24) is 9.88 Å². The van der Waals surface area contributed by atoms with Gasteiger partial charge < -0.3 is 5.32 Å². The molecule has 0 unspecified atom stereocenters. The molecule has 0 saturated carbocycles. The van der Waals surface area contributed by atoms with E-state index >= 15 is 0 Å². The second-order valence-electron chi connectivity index (χ2n) is 4.71. The van der Waals surface area contributed by atoms with E-state index in [0.717, 1.165) is 18.1 Å². The molecule has 90 valence electrons. The lowest BCUT2D eigenvalue weighted by Gasteiger charge is -2.24. The number of thiazole rings is 1. The van der Waals surface area contributed by atoms with Gasteiger partial charge in [-0.1, -0.05) is 6.92 Å². The molecule has 1 aromatic heterocycles. The van der Waals surface area contributed by atoms with Crippen LogP contribution in [0.5, 0.6) is 0 Å². The minimum absolute atomic E-state index is 0.472. The Kier molecular flexibility index (Phi) is 3.82. The average molecular weight is 239 g/mol. The van der Waals surface area contributed by atoms with E-state index in [-0.39, 0.29) is 0 Å². The van der Waals surface area contributed by atoms with Gasteiger partial charge in [-0.05, 0) is 26.8 Å². The highest BCUT2D eigenvalue weighted by molar-refractivity contribution is 7.15. The first kappa shape index (κ1) is 11.9. The van der Waals surface area contributed by atoms with Gasteiger partial charge in [0.15, 0.2) is 5.13 Å². The van der Waals surface area contributed by atoms with Gasteiger partial charge in [-0.3, -0.25) is 4.90 Å². The molecule has 0 amide bonds. The van der Waals surface area contributed by atoms with Gasteiger partial charge >= 0.3 is 0 Å². The Hall–Kier alpha value is -0.610. The van der Waals surface area contributed by atoms with Crippen molar-refractivity contribution >= 4 is 16.5 Å². The molecule has 0 radical (unpaired) electrons. The van der Waals surface area contributed by atoms with Gasteiger partial charge in [0, 0.05) is 30.4 Å². The largest absolute Gasteiger partial charge is 0.359 e. The Balaban J connectivity index is 2.04. The fourth-order valence-corrected chi connectivity index (χ4v) is 3.26. The Bertz CT molecular complexity index is 346. The van der Waals surface area contributed by atoms with E-state index in [2.05, 4.69) is 36.0 Å². The smallest absolute Gasteiger partial charge is 0.183 e. The summed E-state index contributed by atoms with van der Waals surface area (Å²) in [4.78, 5) is 8.65. The Labute approximate surface area is 102 Å². The Morgan fingerprint density at radius 2 is 2.31 bits per heavy atom. The second-order valence-corrected chi connectivity index (χ2v) is 5.80. The standard InChI is InChI=1S/C12H21N3S/c1-4-6-15-7-5-10-11(8-15)16-12(14-10)13-9(2)3/h9H,4-8H2,1-3H3,(H,13,14). The van der Waals surface area contributed by atoms with Crippen molar-refractivity contribution < 1.29 is 0 Å². The van der Waals surface area contributed by atoms with Gasteiger partial charge in [0.1, 0.15) is 0 Å². The van der Waals surface area contributed by atoms with Crippen LogP contribution in [0.15, 0.2) is 0 Å². The lowest BCUT2D eigenvalue weighted by atomic mass is 10.2. The summed E-state index contributed by atoms with van der Waals surface area (Å²) in [6.07, 6.45) is 2.36. The summed E-state index contributed by atoms with van der Waals surface area (Å²) in [5.74, 6) is 0. The van der Waals surface area contributed by atoms with Crippen LogP contribution in [0.4, 0.5) is 5.13 Å². The Morgan fingerprint density at radius 1 is 1.50 bits per heavy atom. The van der Waals surface area contributed by atoms with E-state index in [1.165, 1.54) is 30.1 Å². The summed E-state index contributed by atoms with van der Waals surface area (Å²) in [7, 11) is 0. The molecule has 1 aliphatic heterocycles. The van der Waals surface area contributed by atoms with E-state index in [9.17, 15) is 0 Å². The van der Waals surface area contributed by atoms with Crippen LogP contribution in [0, 0.1) is 0 Å². The maximum Gasteiger partial charge on any atom is 0.183 e. The topological polar surface area (TPSA) is 28.2 Å². The molecule has 0 aliphatic carbocycles. The van der Waals surface area contributed by atoms with E-state index in [1.807, 2.05) is 11.3 Å². The zero-order valence-corrected chi connectivity index (χ0v) is 11.2.